The highest BCUT2D eigenvalue weighted by Gasteiger charge is 2.30. The lowest BCUT2D eigenvalue weighted by Gasteiger charge is -2.37. The van der Waals surface area contributed by atoms with E-state index in [2.05, 4.69) is 36.4 Å². The third-order valence-electron chi connectivity index (χ3n) is 4.54. The molecule has 0 aromatic rings. The monoisotopic (exact) mass is 336 g/mol. The minimum atomic E-state index is 0.556. The lowest BCUT2D eigenvalue weighted by atomic mass is 9.80. The largest absolute Gasteiger partial charge is 0.374 e. The van der Waals surface area contributed by atoms with Crippen LogP contribution in [-0.2, 0) is 4.74 Å². The average molecular weight is 336 g/mol. The Labute approximate surface area is 114 Å². The van der Waals surface area contributed by atoms with Crippen LogP contribution in [-0.4, -0.2) is 16.1 Å². The lowest BCUT2D eigenvalue weighted by Crippen LogP contribution is -2.35. The average Bonchev–Trinajstić information content (AvgIpc) is 2.27. The van der Waals surface area contributed by atoms with Gasteiger partial charge in [-0.15, -0.1) is 0 Å². The van der Waals surface area contributed by atoms with Crippen LogP contribution in [0.15, 0.2) is 0 Å². The molecule has 2 aliphatic rings. The van der Waals surface area contributed by atoms with E-state index in [9.17, 15) is 0 Å². The van der Waals surface area contributed by atoms with Gasteiger partial charge in [-0.25, -0.2) is 0 Å². The molecule has 0 radical (unpaired) electrons. The maximum atomic E-state index is 6.36. The summed E-state index contributed by atoms with van der Waals surface area (Å²) in [4.78, 5) is 0. The Morgan fingerprint density at radius 3 is 2.38 bits per heavy atom. The van der Waals surface area contributed by atoms with Gasteiger partial charge in [0.15, 0.2) is 0 Å². The maximum absolute atomic E-state index is 6.36. The molecule has 1 nitrogen and oxygen atoms in total. The number of rotatable bonds is 2. The Hall–Kier alpha value is 0.690. The van der Waals surface area contributed by atoms with E-state index in [1.807, 2.05) is 0 Å². The summed E-state index contributed by atoms with van der Waals surface area (Å²) >= 11 is 2.60. The molecule has 0 saturated heterocycles. The predicted molar refractivity (Wildman–Crippen MR) is 77.1 cm³/mol. The van der Waals surface area contributed by atoms with Gasteiger partial charge in [-0.1, -0.05) is 49.3 Å². The van der Waals surface area contributed by atoms with Crippen LogP contribution in [0, 0.1) is 11.8 Å². The van der Waals surface area contributed by atoms with Crippen molar-refractivity contribution in [3.63, 3.8) is 0 Å². The van der Waals surface area contributed by atoms with Gasteiger partial charge >= 0.3 is 0 Å². The first kappa shape index (κ1) is 13.1. The van der Waals surface area contributed by atoms with Gasteiger partial charge in [-0.05, 0) is 43.9 Å². The third kappa shape index (κ3) is 3.34. The number of halogens is 1. The summed E-state index contributed by atoms with van der Waals surface area (Å²) in [5, 5.41) is 0. The number of hydrogen-bond donors (Lipinski definition) is 0. The van der Waals surface area contributed by atoms with Crippen LogP contribution in [0.4, 0.5) is 0 Å². The van der Waals surface area contributed by atoms with E-state index in [-0.39, 0.29) is 0 Å². The predicted octanol–water partition coefficient (Wildman–Crippen LogP) is 4.57. The van der Waals surface area contributed by atoms with E-state index in [0.29, 0.717) is 12.2 Å². The first-order chi connectivity index (χ1) is 7.66. The molecule has 2 aliphatic carbocycles. The van der Waals surface area contributed by atoms with Crippen LogP contribution in [0.5, 0.6) is 0 Å². The molecule has 2 fully saturated rings. The van der Waals surface area contributed by atoms with Crippen LogP contribution in [0.25, 0.3) is 0 Å². The second-order valence-electron chi connectivity index (χ2n) is 5.86. The van der Waals surface area contributed by atoms with Crippen molar-refractivity contribution < 1.29 is 4.74 Å². The Balaban J connectivity index is 1.80. The van der Waals surface area contributed by atoms with Crippen molar-refractivity contribution in [3.05, 3.63) is 0 Å². The molecule has 0 bridgehead atoms. The summed E-state index contributed by atoms with van der Waals surface area (Å²) in [6, 6.07) is 0. The minimum Gasteiger partial charge on any atom is -0.374 e. The molecule has 2 saturated carbocycles. The molecule has 5 unspecified atom stereocenters. The van der Waals surface area contributed by atoms with Crippen molar-refractivity contribution in [2.75, 3.05) is 0 Å². The molecule has 0 aromatic carbocycles. The fourth-order valence-corrected chi connectivity index (χ4v) is 4.04. The van der Waals surface area contributed by atoms with Crippen LogP contribution in [0.2, 0.25) is 0 Å². The summed E-state index contributed by atoms with van der Waals surface area (Å²) in [6.45, 7) is 4.78. The smallest absolute Gasteiger partial charge is 0.0696 e. The van der Waals surface area contributed by atoms with Crippen molar-refractivity contribution in [1.82, 2.24) is 0 Å². The summed E-state index contributed by atoms with van der Waals surface area (Å²) in [6.07, 6.45) is 10.5. The molecule has 0 aliphatic heterocycles. The Kier molecular flexibility index (Phi) is 4.95. The van der Waals surface area contributed by atoms with Crippen molar-refractivity contribution >= 4 is 22.6 Å². The number of alkyl halides is 1. The first-order valence-electron chi connectivity index (χ1n) is 6.96. The lowest BCUT2D eigenvalue weighted by molar-refractivity contribution is -0.0552. The number of ether oxygens (including phenoxy) is 1. The zero-order valence-corrected chi connectivity index (χ0v) is 12.8. The Bertz CT molecular complexity index is 219. The zero-order chi connectivity index (χ0) is 11.5. The van der Waals surface area contributed by atoms with Crippen LogP contribution in [0.1, 0.15) is 58.8 Å². The Morgan fingerprint density at radius 2 is 1.69 bits per heavy atom. The van der Waals surface area contributed by atoms with E-state index < -0.39 is 0 Å². The van der Waals surface area contributed by atoms with Gasteiger partial charge in [0.2, 0.25) is 0 Å². The maximum Gasteiger partial charge on any atom is 0.0696 e. The normalized spacial score (nSPS) is 45.6. The van der Waals surface area contributed by atoms with E-state index in [0.717, 1.165) is 15.8 Å². The summed E-state index contributed by atoms with van der Waals surface area (Å²) in [7, 11) is 0. The van der Waals surface area contributed by atoms with Gasteiger partial charge < -0.3 is 4.74 Å². The quantitative estimate of drug-likeness (QED) is 0.530. The summed E-state index contributed by atoms with van der Waals surface area (Å²) in [5.74, 6) is 1.76. The van der Waals surface area contributed by atoms with Crippen LogP contribution in [0.3, 0.4) is 0 Å². The van der Waals surface area contributed by atoms with Gasteiger partial charge in [0, 0.05) is 3.92 Å². The van der Waals surface area contributed by atoms with E-state index in [1.165, 1.54) is 44.9 Å². The van der Waals surface area contributed by atoms with E-state index in [1.54, 1.807) is 0 Å². The van der Waals surface area contributed by atoms with Gasteiger partial charge in [0.1, 0.15) is 0 Å². The highest BCUT2D eigenvalue weighted by atomic mass is 127. The molecule has 0 heterocycles. The Morgan fingerprint density at radius 1 is 0.938 bits per heavy atom. The zero-order valence-electron chi connectivity index (χ0n) is 10.6. The highest BCUT2D eigenvalue weighted by molar-refractivity contribution is 14.1. The fourth-order valence-electron chi connectivity index (χ4n) is 3.07. The van der Waals surface area contributed by atoms with Crippen molar-refractivity contribution in [1.29, 1.82) is 0 Å². The number of hydrogen-bond acceptors (Lipinski definition) is 1. The van der Waals surface area contributed by atoms with Gasteiger partial charge in [0.25, 0.3) is 0 Å². The first-order valence-corrected chi connectivity index (χ1v) is 8.21. The molecule has 16 heavy (non-hydrogen) atoms. The molecule has 2 rings (SSSR count). The summed E-state index contributed by atoms with van der Waals surface area (Å²) in [5.41, 5.74) is 0. The van der Waals surface area contributed by atoms with Crippen molar-refractivity contribution in [3.8, 4) is 0 Å². The topological polar surface area (TPSA) is 9.23 Å². The highest BCUT2D eigenvalue weighted by Crippen LogP contribution is 2.34. The molecule has 0 amide bonds. The van der Waals surface area contributed by atoms with Crippen LogP contribution < -0.4 is 0 Å². The van der Waals surface area contributed by atoms with E-state index >= 15 is 0 Å². The summed E-state index contributed by atoms with van der Waals surface area (Å²) < 4.78 is 7.12. The SMILES string of the molecule is CC1CCC(OC2CCCCC2I)CC1C. The van der Waals surface area contributed by atoms with Gasteiger partial charge in [0.05, 0.1) is 12.2 Å². The van der Waals surface area contributed by atoms with Crippen molar-refractivity contribution in [2.24, 2.45) is 11.8 Å². The van der Waals surface area contributed by atoms with E-state index in [4.69, 9.17) is 4.74 Å². The molecular formula is C14H25IO. The second kappa shape index (κ2) is 6.03. The third-order valence-corrected chi connectivity index (χ3v) is 5.96. The molecule has 94 valence electrons. The van der Waals surface area contributed by atoms with Crippen LogP contribution >= 0.6 is 22.6 Å². The van der Waals surface area contributed by atoms with Gasteiger partial charge in [-0.3, -0.25) is 0 Å². The molecule has 5 atom stereocenters. The molecule has 0 N–H and O–H groups in total. The second-order valence-corrected chi connectivity index (χ2v) is 7.46. The van der Waals surface area contributed by atoms with Crippen molar-refractivity contribution in [2.45, 2.75) is 74.9 Å². The molecule has 0 aromatic heterocycles. The molecule has 2 heteroatoms. The molecular weight excluding hydrogens is 311 g/mol. The van der Waals surface area contributed by atoms with Gasteiger partial charge in [-0.2, -0.15) is 0 Å². The fraction of sp³-hybridized carbons (Fsp3) is 1.00. The minimum absolute atomic E-state index is 0.556. The standard InChI is InChI=1S/C14H25IO/c1-10-7-8-12(9-11(10)2)16-14-6-4-3-5-13(14)15/h10-14H,3-9H2,1-2H3. The molecule has 0 spiro atoms.